The molecule has 3 aromatic rings. The second kappa shape index (κ2) is 10.5. The smallest absolute Gasteiger partial charge is 0.271 e. The van der Waals surface area contributed by atoms with Gasteiger partial charge in [-0.2, -0.15) is 0 Å². The number of aromatic nitrogens is 1. The third kappa shape index (κ3) is 4.85. The van der Waals surface area contributed by atoms with Gasteiger partial charge in [-0.25, -0.2) is 0 Å². The molecule has 1 aliphatic heterocycles. The lowest BCUT2D eigenvalue weighted by atomic mass is 9.93. The maximum atomic E-state index is 13.8. The number of furan rings is 1. The molecular formula is C28H35N3O5. The van der Waals surface area contributed by atoms with E-state index in [4.69, 9.17) is 13.9 Å². The Morgan fingerprint density at radius 3 is 2.53 bits per heavy atom. The van der Waals surface area contributed by atoms with Crippen molar-refractivity contribution in [1.29, 1.82) is 0 Å². The van der Waals surface area contributed by atoms with Crippen molar-refractivity contribution in [2.75, 3.05) is 27.3 Å². The number of hydrogen-bond acceptors (Lipinski definition) is 5. The summed E-state index contributed by atoms with van der Waals surface area (Å²) in [5, 5.41) is 3.08. The number of nitrogens with zero attached hydrogens (tertiary/aromatic N) is 2. The van der Waals surface area contributed by atoms with Crippen molar-refractivity contribution in [3.05, 3.63) is 60.0 Å². The third-order valence-corrected chi connectivity index (χ3v) is 6.85. The van der Waals surface area contributed by atoms with E-state index in [-0.39, 0.29) is 11.8 Å². The summed E-state index contributed by atoms with van der Waals surface area (Å²) in [7, 11) is 3.19. The fourth-order valence-corrected chi connectivity index (χ4v) is 4.70. The van der Waals surface area contributed by atoms with Crippen molar-refractivity contribution in [2.24, 2.45) is 5.92 Å². The molecule has 2 aromatic heterocycles. The molecule has 0 spiro atoms. The average molecular weight is 494 g/mol. The summed E-state index contributed by atoms with van der Waals surface area (Å²) < 4.78 is 18.3. The van der Waals surface area contributed by atoms with Crippen LogP contribution in [0, 0.1) is 5.92 Å². The Labute approximate surface area is 212 Å². The summed E-state index contributed by atoms with van der Waals surface area (Å²) >= 11 is 0. The first kappa shape index (κ1) is 25.4. The van der Waals surface area contributed by atoms with Crippen LogP contribution in [0.25, 0.3) is 11.5 Å². The summed E-state index contributed by atoms with van der Waals surface area (Å²) in [4.78, 5) is 29.1. The summed E-state index contributed by atoms with van der Waals surface area (Å²) in [5.74, 6) is 2.07. The predicted molar refractivity (Wildman–Crippen MR) is 137 cm³/mol. The summed E-state index contributed by atoms with van der Waals surface area (Å²) in [5.41, 5.74) is 1.24. The molecule has 1 atom stereocenters. The minimum Gasteiger partial charge on any atom is -0.493 e. The first-order valence-electron chi connectivity index (χ1n) is 12.3. The van der Waals surface area contributed by atoms with Gasteiger partial charge in [-0.05, 0) is 67.6 Å². The molecule has 4 rings (SSSR count). The van der Waals surface area contributed by atoms with Crippen LogP contribution in [0.1, 0.15) is 43.2 Å². The predicted octanol–water partition coefficient (Wildman–Crippen LogP) is 4.38. The van der Waals surface area contributed by atoms with Crippen LogP contribution in [0.5, 0.6) is 11.5 Å². The normalized spacial score (nSPS) is 17.3. The number of carbonyl (C=O) groups is 2. The van der Waals surface area contributed by atoms with Crippen LogP contribution in [0.4, 0.5) is 0 Å². The van der Waals surface area contributed by atoms with E-state index in [9.17, 15) is 9.59 Å². The van der Waals surface area contributed by atoms with E-state index >= 15 is 0 Å². The largest absolute Gasteiger partial charge is 0.493 e. The lowest BCUT2D eigenvalue weighted by Gasteiger charge is -2.44. The molecule has 2 amide bonds. The number of fused-ring (bicyclic) bond motifs is 1. The maximum Gasteiger partial charge on any atom is 0.271 e. The van der Waals surface area contributed by atoms with Gasteiger partial charge in [0.15, 0.2) is 11.5 Å². The molecule has 0 saturated carbocycles. The molecule has 8 heteroatoms. The Balaban J connectivity index is 1.65. The van der Waals surface area contributed by atoms with Crippen LogP contribution in [0.3, 0.4) is 0 Å². The maximum absolute atomic E-state index is 13.8. The second-order valence-electron chi connectivity index (χ2n) is 9.78. The van der Waals surface area contributed by atoms with Crippen LogP contribution in [0.2, 0.25) is 0 Å². The van der Waals surface area contributed by atoms with Gasteiger partial charge < -0.3 is 28.7 Å². The highest BCUT2D eigenvalue weighted by molar-refractivity contribution is 6.00. The number of carbonyl (C=O) groups excluding carboxylic acids is 2. The van der Waals surface area contributed by atoms with E-state index in [1.54, 1.807) is 31.4 Å². The van der Waals surface area contributed by atoms with Crippen molar-refractivity contribution < 1.29 is 23.5 Å². The molecule has 0 aliphatic carbocycles. The monoisotopic (exact) mass is 493 g/mol. The summed E-state index contributed by atoms with van der Waals surface area (Å²) in [6, 6.07) is 13.1. The molecule has 8 nitrogen and oxygen atoms in total. The first-order chi connectivity index (χ1) is 17.3. The standard InChI is InChI=1S/C28H35N3O5/c1-19(2)12-14-29-27(33)28(3)18-30-21(23-7-6-16-36-23)9-10-22(30)26(32)31(28)15-13-20-8-11-24(34-4)25(17-20)35-5/h6-11,16-17,19H,12-15,18H2,1-5H3,(H,29,33). The van der Waals surface area contributed by atoms with Crippen molar-refractivity contribution >= 4 is 11.8 Å². The minimum absolute atomic E-state index is 0.159. The lowest BCUT2D eigenvalue weighted by Crippen LogP contribution is -2.64. The van der Waals surface area contributed by atoms with Crippen molar-refractivity contribution in [3.63, 3.8) is 0 Å². The van der Waals surface area contributed by atoms with Crippen molar-refractivity contribution in [1.82, 2.24) is 14.8 Å². The second-order valence-corrected chi connectivity index (χ2v) is 9.78. The number of rotatable bonds is 10. The molecule has 36 heavy (non-hydrogen) atoms. The number of ether oxygens (including phenoxy) is 2. The fourth-order valence-electron chi connectivity index (χ4n) is 4.70. The first-order valence-corrected chi connectivity index (χ1v) is 12.3. The molecule has 3 heterocycles. The summed E-state index contributed by atoms with van der Waals surface area (Å²) in [6.07, 6.45) is 3.04. The Kier molecular flexibility index (Phi) is 7.43. The Morgan fingerprint density at radius 1 is 1.11 bits per heavy atom. The number of nitrogens with one attached hydrogen (secondary N) is 1. The van der Waals surface area contributed by atoms with Gasteiger partial charge in [0.1, 0.15) is 17.0 Å². The molecule has 1 unspecified atom stereocenters. The molecule has 0 bridgehead atoms. The van der Waals surface area contributed by atoms with Crippen molar-refractivity contribution in [2.45, 2.75) is 45.7 Å². The molecule has 1 aliphatic rings. The van der Waals surface area contributed by atoms with Crippen LogP contribution in [-0.2, 0) is 17.8 Å². The van der Waals surface area contributed by atoms with Gasteiger partial charge in [0.2, 0.25) is 5.91 Å². The highest BCUT2D eigenvalue weighted by Crippen LogP contribution is 2.34. The number of methoxy groups -OCH3 is 2. The van der Waals surface area contributed by atoms with Gasteiger partial charge in [0.25, 0.3) is 5.91 Å². The van der Waals surface area contributed by atoms with E-state index in [0.29, 0.717) is 54.9 Å². The fraction of sp³-hybridized carbons (Fsp3) is 0.429. The molecule has 0 radical (unpaired) electrons. The highest BCUT2D eigenvalue weighted by Gasteiger charge is 2.47. The van der Waals surface area contributed by atoms with Gasteiger partial charge in [-0.15, -0.1) is 0 Å². The number of hydrogen-bond donors (Lipinski definition) is 1. The van der Waals surface area contributed by atoms with E-state index < -0.39 is 5.54 Å². The third-order valence-electron chi connectivity index (χ3n) is 6.85. The van der Waals surface area contributed by atoms with Gasteiger partial charge in [0.05, 0.1) is 32.7 Å². The number of amides is 2. The Hall–Kier alpha value is -3.68. The van der Waals surface area contributed by atoms with Gasteiger partial charge >= 0.3 is 0 Å². The molecule has 1 aromatic carbocycles. The minimum atomic E-state index is -1.07. The zero-order valence-corrected chi connectivity index (χ0v) is 21.7. The lowest BCUT2D eigenvalue weighted by molar-refractivity contribution is -0.132. The van der Waals surface area contributed by atoms with Gasteiger partial charge in [-0.3, -0.25) is 9.59 Å². The van der Waals surface area contributed by atoms with Crippen LogP contribution >= 0.6 is 0 Å². The average Bonchev–Trinajstić information content (AvgIpc) is 3.53. The van der Waals surface area contributed by atoms with Crippen LogP contribution < -0.4 is 14.8 Å². The van der Waals surface area contributed by atoms with E-state index in [1.165, 1.54) is 0 Å². The van der Waals surface area contributed by atoms with E-state index in [0.717, 1.165) is 17.7 Å². The van der Waals surface area contributed by atoms with Crippen LogP contribution in [0.15, 0.2) is 53.1 Å². The zero-order valence-electron chi connectivity index (χ0n) is 21.7. The van der Waals surface area contributed by atoms with E-state index in [1.807, 2.05) is 47.9 Å². The topological polar surface area (TPSA) is 85.9 Å². The quantitative estimate of drug-likeness (QED) is 0.453. The molecular weight excluding hydrogens is 458 g/mol. The van der Waals surface area contributed by atoms with Gasteiger partial charge in [-0.1, -0.05) is 19.9 Å². The highest BCUT2D eigenvalue weighted by atomic mass is 16.5. The zero-order chi connectivity index (χ0) is 25.9. The number of benzene rings is 1. The molecule has 192 valence electrons. The summed E-state index contributed by atoms with van der Waals surface area (Å²) in [6.45, 7) is 7.36. The molecule has 0 saturated heterocycles. The molecule has 1 N–H and O–H groups in total. The van der Waals surface area contributed by atoms with Gasteiger partial charge in [0, 0.05) is 13.1 Å². The van der Waals surface area contributed by atoms with Crippen molar-refractivity contribution in [3.8, 4) is 23.0 Å². The van der Waals surface area contributed by atoms with E-state index in [2.05, 4.69) is 19.2 Å². The van der Waals surface area contributed by atoms with Crippen LogP contribution in [-0.4, -0.2) is 54.1 Å². The Morgan fingerprint density at radius 2 is 1.86 bits per heavy atom. The molecule has 0 fully saturated rings. The SMILES string of the molecule is COc1ccc(CCN2C(=O)c3ccc(-c4ccco4)n3CC2(C)C(=O)NCCC(C)C)cc1OC. The Bertz CT molecular complexity index is 1210.